The number of thiophene rings is 1. The minimum absolute atomic E-state index is 0.0934. The molecule has 4 nitrogen and oxygen atoms in total. The molecule has 1 aliphatic rings. The minimum atomic E-state index is -0.296. The number of hydrogen-bond acceptors (Lipinski definition) is 3. The number of nitrogens with two attached hydrogens (primary N) is 1. The Morgan fingerprint density at radius 1 is 1.50 bits per heavy atom. The maximum absolute atomic E-state index is 12.2. The second kappa shape index (κ2) is 5.52. The van der Waals surface area contributed by atoms with E-state index >= 15 is 0 Å². The molecule has 0 saturated carbocycles. The van der Waals surface area contributed by atoms with Gasteiger partial charge in [-0.2, -0.15) is 0 Å². The zero-order valence-corrected chi connectivity index (χ0v) is 11.3. The largest absolute Gasteiger partial charge is 0.369 e. The van der Waals surface area contributed by atoms with Gasteiger partial charge in [-0.25, -0.2) is 0 Å². The standard InChI is InChI=1S/C13H18N2O2S/c1-9-4-5-10(13(14)17)8-15(9)12(16)7-11-3-2-6-18-11/h2-3,6,9-10H,4-5,7-8H2,1H3,(H2,14,17)/t9-,10+/m1/s1. The molecule has 2 heterocycles. The van der Waals surface area contributed by atoms with Crippen LogP contribution in [0, 0.1) is 5.92 Å². The number of piperidine rings is 1. The number of carbonyl (C=O) groups excluding carboxylic acids is 2. The van der Waals surface area contributed by atoms with Crippen LogP contribution < -0.4 is 5.73 Å². The molecule has 18 heavy (non-hydrogen) atoms. The van der Waals surface area contributed by atoms with Crippen molar-refractivity contribution in [2.45, 2.75) is 32.2 Å². The van der Waals surface area contributed by atoms with E-state index in [-0.39, 0.29) is 23.8 Å². The Balaban J connectivity index is 2.01. The van der Waals surface area contributed by atoms with Gasteiger partial charge < -0.3 is 10.6 Å². The summed E-state index contributed by atoms with van der Waals surface area (Å²) in [5, 5.41) is 1.97. The molecule has 1 fully saturated rings. The van der Waals surface area contributed by atoms with E-state index in [9.17, 15) is 9.59 Å². The molecule has 5 heteroatoms. The Morgan fingerprint density at radius 2 is 2.28 bits per heavy atom. The molecule has 2 amide bonds. The lowest BCUT2D eigenvalue weighted by Gasteiger charge is -2.36. The van der Waals surface area contributed by atoms with E-state index in [0.717, 1.165) is 17.7 Å². The van der Waals surface area contributed by atoms with Crippen molar-refractivity contribution in [3.8, 4) is 0 Å². The molecule has 2 N–H and O–H groups in total. The number of hydrogen-bond donors (Lipinski definition) is 1. The highest BCUT2D eigenvalue weighted by molar-refractivity contribution is 7.10. The summed E-state index contributed by atoms with van der Waals surface area (Å²) in [6, 6.07) is 4.11. The predicted octanol–water partition coefficient (Wildman–Crippen LogP) is 1.40. The smallest absolute Gasteiger partial charge is 0.228 e. The van der Waals surface area contributed by atoms with Crippen LogP contribution >= 0.6 is 11.3 Å². The van der Waals surface area contributed by atoms with Gasteiger partial charge in [-0.05, 0) is 31.2 Å². The molecule has 1 aromatic rings. The van der Waals surface area contributed by atoms with Crippen LogP contribution in [0.15, 0.2) is 17.5 Å². The van der Waals surface area contributed by atoms with Crippen molar-refractivity contribution < 1.29 is 9.59 Å². The van der Waals surface area contributed by atoms with E-state index in [2.05, 4.69) is 0 Å². The lowest BCUT2D eigenvalue weighted by Crippen LogP contribution is -2.49. The van der Waals surface area contributed by atoms with Crippen molar-refractivity contribution in [3.05, 3.63) is 22.4 Å². The summed E-state index contributed by atoms with van der Waals surface area (Å²) < 4.78 is 0. The zero-order valence-electron chi connectivity index (χ0n) is 10.5. The molecule has 0 aliphatic carbocycles. The van der Waals surface area contributed by atoms with Gasteiger partial charge in [-0.1, -0.05) is 6.07 Å². The van der Waals surface area contributed by atoms with Gasteiger partial charge in [0.2, 0.25) is 11.8 Å². The first-order valence-corrected chi connectivity index (χ1v) is 7.07. The van der Waals surface area contributed by atoms with E-state index in [0.29, 0.717) is 13.0 Å². The van der Waals surface area contributed by atoms with Crippen LogP contribution in [0.25, 0.3) is 0 Å². The van der Waals surface area contributed by atoms with Crippen LogP contribution in [0.5, 0.6) is 0 Å². The van der Waals surface area contributed by atoms with Gasteiger partial charge in [0.15, 0.2) is 0 Å². The third-order valence-electron chi connectivity index (χ3n) is 3.51. The number of primary amides is 1. The maximum Gasteiger partial charge on any atom is 0.228 e. The third kappa shape index (κ3) is 2.90. The molecular weight excluding hydrogens is 248 g/mol. The monoisotopic (exact) mass is 266 g/mol. The summed E-state index contributed by atoms with van der Waals surface area (Å²) in [5.74, 6) is -0.389. The normalized spacial score (nSPS) is 23.9. The van der Waals surface area contributed by atoms with Crippen LogP contribution in [0.1, 0.15) is 24.6 Å². The fraction of sp³-hybridized carbons (Fsp3) is 0.538. The minimum Gasteiger partial charge on any atom is -0.369 e. The molecule has 0 radical (unpaired) electrons. The molecule has 2 rings (SSSR count). The van der Waals surface area contributed by atoms with E-state index < -0.39 is 0 Å². The molecular formula is C13H18N2O2S. The number of rotatable bonds is 3. The summed E-state index contributed by atoms with van der Waals surface area (Å²) >= 11 is 1.58. The van der Waals surface area contributed by atoms with Gasteiger partial charge in [-0.15, -0.1) is 11.3 Å². The Labute approximate surface area is 111 Å². The van der Waals surface area contributed by atoms with E-state index in [4.69, 9.17) is 5.73 Å². The highest BCUT2D eigenvalue weighted by Crippen LogP contribution is 2.23. The lowest BCUT2D eigenvalue weighted by molar-refractivity contribution is -0.136. The fourth-order valence-corrected chi connectivity index (χ4v) is 3.05. The van der Waals surface area contributed by atoms with Crippen LogP contribution in [-0.4, -0.2) is 29.3 Å². The summed E-state index contributed by atoms with van der Waals surface area (Å²) in [6.45, 7) is 2.50. The molecule has 0 bridgehead atoms. The van der Waals surface area contributed by atoms with Gasteiger partial charge in [0.25, 0.3) is 0 Å². The van der Waals surface area contributed by atoms with Gasteiger partial charge in [0.1, 0.15) is 0 Å². The summed E-state index contributed by atoms with van der Waals surface area (Å²) in [5.41, 5.74) is 5.34. The van der Waals surface area contributed by atoms with Crippen molar-refractivity contribution in [1.82, 2.24) is 4.90 Å². The molecule has 2 atom stereocenters. The van der Waals surface area contributed by atoms with Gasteiger partial charge >= 0.3 is 0 Å². The first-order valence-electron chi connectivity index (χ1n) is 6.19. The van der Waals surface area contributed by atoms with Crippen LogP contribution in [0.4, 0.5) is 0 Å². The van der Waals surface area contributed by atoms with Gasteiger partial charge in [0.05, 0.1) is 12.3 Å². The second-order valence-electron chi connectivity index (χ2n) is 4.83. The molecule has 0 unspecified atom stereocenters. The Bertz CT molecular complexity index is 430. The number of amides is 2. The number of carbonyl (C=O) groups is 2. The molecule has 0 aromatic carbocycles. The highest BCUT2D eigenvalue weighted by atomic mass is 32.1. The Hall–Kier alpha value is -1.36. The quantitative estimate of drug-likeness (QED) is 0.899. The number of likely N-dealkylation sites (tertiary alicyclic amines) is 1. The molecule has 1 saturated heterocycles. The Morgan fingerprint density at radius 3 is 2.89 bits per heavy atom. The predicted molar refractivity (Wildman–Crippen MR) is 71.1 cm³/mol. The average Bonchev–Trinajstić information content (AvgIpc) is 2.81. The van der Waals surface area contributed by atoms with Crippen molar-refractivity contribution >= 4 is 23.2 Å². The van der Waals surface area contributed by atoms with Gasteiger partial charge in [0, 0.05) is 17.5 Å². The molecule has 1 aromatic heterocycles. The first kappa shape index (κ1) is 13.1. The molecule has 1 aliphatic heterocycles. The maximum atomic E-state index is 12.2. The number of nitrogens with zero attached hydrogens (tertiary/aromatic N) is 1. The van der Waals surface area contributed by atoms with Crippen LogP contribution in [0.2, 0.25) is 0 Å². The van der Waals surface area contributed by atoms with Crippen molar-refractivity contribution in [2.24, 2.45) is 11.7 Å². The van der Waals surface area contributed by atoms with Crippen molar-refractivity contribution in [3.63, 3.8) is 0 Å². The SMILES string of the molecule is C[C@@H]1CC[C@H](C(N)=O)CN1C(=O)Cc1cccs1. The third-order valence-corrected chi connectivity index (χ3v) is 4.39. The summed E-state index contributed by atoms with van der Waals surface area (Å²) in [4.78, 5) is 26.3. The average molecular weight is 266 g/mol. The van der Waals surface area contributed by atoms with Crippen molar-refractivity contribution in [1.29, 1.82) is 0 Å². The molecule has 0 spiro atoms. The zero-order chi connectivity index (χ0) is 13.1. The summed E-state index contributed by atoms with van der Waals surface area (Å²) in [7, 11) is 0. The fourth-order valence-electron chi connectivity index (χ4n) is 2.35. The topological polar surface area (TPSA) is 63.4 Å². The Kier molecular flexibility index (Phi) is 4.01. The first-order chi connectivity index (χ1) is 8.58. The van der Waals surface area contributed by atoms with Crippen LogP contribution in [-0.2, 0) is 16.0 Å². The lowest BCUT2D eigenvalue weighted by atomic mass is 9.92. The highest BCUT2D eigenvalue weighted by Gasteiger charge is 2.31. The van der Waals surface area contributed by atoms with E-state index in [1.165, 1.54) is 0 Å². The van der Waals surface area contributed by atoms with E-state index in [1.54, 1.807) is 16.2 Å². The summed E-state index contributed by atoms with van der Waals surface area (Å²) in [6.07, 6.45) is 2.07. The second-order valence-corrected chi connectivity index (χ2v) is 5.86. The van der Waals surface area contributed by atoms with Crippen LogP contribution in [0.3, 0.4) is 0 Å². The van der Waals surface area contributed by atoms with E-state index in [1.807, 2.05) is 24.4 Å². The van der Waals surface area contributed by atoms with Gasteiger partial charge in [-0.3, -0.25) is 9.59 Å². The van der Waals surface area contributed by atoms with Crippen molar-refractivity contribution in [2.75, 3.05) is 6.54 Å². The molecule has 98 valence electrons.